The van der Waals surface area contributed by atoms with Crippen LogP contribution in [0, 0.1) is 3.83 Å². The summed E-state index contributed by atoms with van der Waals surface area (Å²) in [5.41, 5.74) is 1.05. The SMILES string of the molecule is COc1nc(I)nc2c1ncn2OCCO. The van der Waals surface area contributed by atoms with Gasteiger partial charge < -0.3 is 14.7 Å². The van der Waals surface area contributed by atoms with Crippen LogP contribution in [-0.2, 0) is 0 Å². The summed E-state index contributed by atoms with van der Waals surface area (Å²) in [6, 6.07) is 0. The lowest BCUT2D eigenvalue weighted by molar-refractivity contribution is 0.0811. The van der Waals surface area contributed by atoms with Gasteiger partial charge in [-0.3, -0.25) is 0 Å². The maximum absolute atomic E-state index is 8.67. The van der Waals surface area contributed by atoms with Gasteiger partial charge in [-0.2, -0.15) is 14.7 Å². The molecule has 2 heterocycles. The number of hydrogen-bond donors (Lipinski definition) is 1. The summed E-state index contributed by atoms with van der Waals surface area (Å²) < 4.78 is 7.01. The van der Waals surface area contributed by atoms with E-state index in [0.717, 1.165) is 0 Å². The van der Waals surface area contributed by atoms with Crippen LogP contribution in [-0.4, -0.2) is 45.1 Å². The van der Waals surface area contributed by atoms with Crippen LogP contribution in [0.2, 0.25) is 0 Å². The molecule has 0 unspecified atom stereocenters. The Hall–Kier alpha value is -1.16. The molecule has 7 nitrogen and oxygen atoms in total. The monoisotopic (exact) mass is 336 g/mol. The highest BCUT2D eigenvalue weighted by Crippen LogP contribution is 2.20. The maximum Gasteiger partial charge on any atom is 0.246 e. The second kappa shape index (κ2) is 4.78. The molecular formula is C8H9IN4O3. The number of halogens is 1. The third kappa shape index (κ3) is 2.02. The standard InChI is InChI=1S/C8H9IN4O3/c1-15-7-5-6(11-8(9)12-7)13(4-10-5)16-3-2-14/h4,14H,2-3H2,1H3. The van der Waals surface area contributed by atoms with E-state index in [1.165, 1.54) is 18.2 Å². The fraction of sp³-hybridized carbons (Fsp3) is 0.375. The first kappa shape index (κ1) is 11.3. The lowest BCUT2D eigenvalue weighted by Crippen LogP contribution is -2.15. The van der Waals surface area contributed by atoms with Crippen molar-refractivity contribution in [2.45, 2.75) is 0 Å². The van der Waals surface area contributed by atoms with Gasteiger partial charge >= 0.3 is 0 Å². The zero-order valence-electron chi connectivity index (χ0n) is 8.42. The fourth-order valence-corrected chi connectivity index (χ4v) is 1.65. The average Bonchev–Trinajstić information content (AvgIpc) is 2.68. The molecule has 0 aliphatic rings. The second-order valence-electron chi connectivity index (χ2n) is 2.80. The van der Waals surface area contributed by atoms with E-state index in [1.54, 1.807) is 0 Å². The molecule has 0 bridgehead atoms. The molecule has 0 aromatic carbocycles. The predicted molar refractivity (Wildman–Crippen MR) is 63.1 cm³/mol. The van der Waals surface area contributed by atoms with Crippen molar-refractivity contribution in [1.82, 2.24) is 19.7 Å². The Kier molecular flexibility index (Phi) is 3.39. The van der Waals surface area contributed by atoms with Gasteiger partial charge in [-0.15, -0.1) is 0 Å². The Labute approximate surface area is 105 Å². The Balaban J connectivity index is 2.49. The van der Waals surface area contributed by atoms with E-state index < -0.39 is 0 Å². The molecule has 0 spiro atoms. The number of rotatable bonds is 4. The van der Waals surface area contributed by atoms with E-state index in [2.05, 4.69) is 15.0 Å². The van der Waals surface area contributed by atoms with Crippen molar-refractivity contribution in [2.24, 2.45) is 0 Å². The smallest absolute Gasteiger partial charge is 0.246 e. The molecule has 2 aromatic heterocycles. The fourth-order valence-electron chi connectivity index (χ4n) is 1.21. The van der Waals surface area contributed by atoms with E-state index in [0.29, 0.717) is 20.9 Å². The predicted octanol–water partition coefficient (Wildman–Crippen LogP) is -0.140. The molecule has 0 aliphatic carbocycles. The quantitative estimate of drug-likeness (QED) is 0.618. The lowest BCUT2D eigenvalue weighted by Gasteiger charge is -2.05. The highest BCUT2D eigenvalue weighted by Gasteiger charge is 2.13. The van der Waals surface area contributed by atoms with Crippen LogP contribution in [0.3, 0.4) is 0 Å². The summed E-state index contributed by atoms with van der Waals surface area (Å²) in [5.74, 6) is 0.403. The summed E-state index contributed by atoms with van der Waals surface area (Å²) in [7, 11) is 1.52. The molecule has 16 heavy (non-hydrogen) atoms. The third-order valence-electron chi connectivity index (χ3n) is 1.82. The number of aromatic nitrogens is 4. The average molecular weight is 336 g/mol. The van der Waals surface area contributed by atoms with Crippen LogP contribution in [0.4, 0.5) is 0 Å². The molecule has 0 saturated heterocycles. The van der Waals surface area contributed by atoms with E-state index in [-0.39, 0.29) is 13.2 Å². The summed E-state index contributed by atoms with van der Waals surface area (Å²) in [5, 5.41) is 8.67. The minimum absolute atomic E-state index is 0.0705. The first-order valence-corrected chi connectivity index (χ1v) is 5.53. The first-order chi connectivity index (χ1) is 7.76. The Morgan fingerprint density at radius 1 is 1.50 bits per heavy atom. The van der Waals surface area contributed by atoms with Crippen molar-refractivity contribution in [1.29, 1.82) is 0 Å². The zero-order valence-corrected chi connectivity index (χ0v) is 10.6. The van der Waals surface area contributed by atoms with Gasteiger partial charge in [-0.1, -0.05) is 0 Å². The first-order valence-electron chi connectivity index (χ1n) is 4.45. The van der Waals surface area contributed by atoms with E-state index >= 15 is 0 Å². The number of hydrogen-bond acceptors (Lipinski definition) is 6. The van der Waals surface area contributed by atoms with Crippen LogP contribution in [0.15, 0.2) is 6.33 Å². The minimum Gasteiger partial charge on any atom is -0.479 e. The van der Waals surface area contributed by atoms with Crippen LogP contribution in [0.1, 0.15) is 0 Å². The Morgan fingerprint density at radius 2 is 2.31 bits per heavy atom. The molecule has 0 fully saturated rings. The molecule has 2 aromatic rings. The van der Waals surface area contributed by atoms with E-state index in [1.807, 2.05) is 22.6 Å². The van der Waals surface area contributed by atoms with Crippen LogP contribution in [0.5, 0.6) is 5.88 Å². The van der Waals surface area contributed by atoms with E-state index in [9.17, 15) is 0 Å². The van der Waals surface area contributed by atoms with Crippen molar-refractivity contribution < 1.29 is 14.7 Å². The number of nitrogens with zero attached hydrogens (tertiary/aromatic N) is 4. The second-order valence-corrected chi connectivity index (χ2v) is 3.77. The van der Waals surface area contributed by atoms with Gasteiger partial charge in [0, 0.05) is 22.6 Å². The molecule has 0 aliphatic heterocycles. The van der Waals surface area contributed by atoms with Crippen molar-refractivity contribution >= 4 is 33.8 Å². The number of ether oxygens (including phenoxy) is 1. The lowest BCUT2D eigenvalue weighted by atomic mass is 10.5. The van der Waals surface area contributed by atoms with Crippen molar-refractivity contribution in [3.05, 3.63) is 10.2 Å². The van der Waals surface area contributed by atoms with E-state index in [4.69, 9.17) is 14.7 Å². The minimum atomic E-state index is -0.0705. The van der Waals surface area contributed by atoms with Gasteiger partial charge in [0.25, 0.3) is 0 Å². The number of imidazole rings is 1. The van der Waals surface area contributed by atoms with Crippen molar-refractivity contribution in [3.63, 3.8) is 0 Å². The molecule has 0 saturated carbocycles. The topological polar surface area (TPSA) is 82.3 Å². The molecule has 8 heteroatoms. The Morgan fingerprint density at radius 3 is 3.00 bits per heavy atom. The molecule has 86 valence electrons. The van der Waals surface area contributed by atoms with Gasteiger partial charge in [-0.05, 0) is 0 Å². The number of aliphatic hydroxyl groups is 1. The number of methoxy groups -OCH3 is 1. The number of fused-ring (bicyclic) bond motifs is 1. The van der Waals surface area contributed by atoms with Crippen molar-refractivity contribution in [2.75, 3.05) is 20.3 Å². The van der Waals surface area contributed by atoms with Gasteiger partial charge in [-0.25, -0.2) is 4.98 Å². The van der Waals surface area contributed by atoms with Crippen LogP contribution >= 0.6 is 22.6 Å². The molecule has 2 rings (SSSR count). The molecule has 0 atom stereocenters. The summed E-state index contributed by atoms with van der Waals surface area (Å²) >= 11 is 1.98. The normalized spacial score (nSPS) is 10.7. The molecule has 1 N–H and O–H groups in total. The van der Waals surface area contributed by atoms with Gasteiger partial charge in [0.1, 0.15) is 12.9 Å². The molecule has 0 amide bonds. The molecular weight excluding hydrogens is 327 g/mol. The van der Waals surface area contributed by atoms with Gasteiger partial charge in [0.2, 0.25) is 11.5 Å². The highest BCUT2D eigenvalue weighted by atomic mass is 127. The van der Waals surface area contributed by atoms with Crippen LogP contribution < -0.4 is 9.57 Å². The summed E-state index contributed by atoms with van der Waals surface area (Å²) in [4.78, 5) is 17.6. The van der Waals surface area contributed by atoms with Gasteiger partial charge in [0.05, 0.1) is 13.7 Å². The summed E-state index contributed by atoms with van der Waals surface area (Å²) in [6.45, 7) is 0.105. The Bertz CT molecular complexity index is 501. The summed E-state index contributed by atoms with van der Waals surface area (Å²) in [6.07, 6.45) is 1.47. The molecule has 0 radical (unpaired) electrons. The van der Waals surface area contributed by atoms with Gasteiger partial charge in [0.15, 0.2) is 9.35 Å². The maximum atomic E-state index is 8.67. The zero-order chi connectivity index (χ0) is 11.5. The number of aliphatic hydroxyl groups excluding tert-OH is 1. The highest BCUT2D eigenvalue weighted by molar-refractivity contribution is 14.1. The third-order valence-corrected chi connectivity index (χ3v) is 2.30. The van der Waals surface area contributed by atoms with Crippen molar-refractivity contribution in [3.8, 4) is 5.88 Å². The van der Waals surface area contributed by atoms with Crippen LogP contribution in [0.25, 0.3) is 11.2 Å². The largest absolute Gasteiger partial charge is 0.479 e.